The first-order valence-corrected chi connectivity index (χ1v) is 58.0. The average molecular weight is 2040 g/mol. The highest BCUT2D eigenvalue weighted by Crippen LogP contribution is 2.20. The Labute approximate surface area is 880 Å². The molecule has 36 nitrogen and oxygen atoms in total. The van der Waals surface area contributed by atoms with Crippen molar-refractivity contribution in [2.45, 2.75) is 181 Å². The minimum Gasteiger partial charge on any atom is -0.342 e. The van der Waals surface area contributed by atoms with E-state index in [1.54, 1.807) is 0 Å². The number of rotatable bonds is 18. The standard InChI is InChI=1S/9C12H23N3O.CH4/c9*1-13-7-9-14(10-8-13)11-12(16)15-5-3-2-4-6-15;/h9*2-11H2,1H3;1H4. The van der Waals surface area contributed by atoms with Gasteiger partial charge in [0, 0.05) is 353 Å². The predicted octanol–water partition coefficient (Wildman–Crippen LogP) is 2.85. The van der Waals surface area contributed by atoms with Crippen molar-refractivity contribution >= 4 is 53.2 Å². The van der Waals surface area contributed by atoms with Crippen LogP contribution in [0.4, 0.5) is 0 Å². The Kier molecular flexibility index (Phi) is 60.0. The second-order valence-corrected chi connectivity index (χ2v) is 45.2. The van der Waals surface area contributed by atoms with Crippen molar-refractivity contribution in [3.05, 3.63) is 0 Å². The molecule has 0 saturated carbocycles. The third-order valence-corrected chi connectivity index (χ3v) is 33.0. The lowest BCUT2D eigenvalue weighted by Gasteiger charge is -2.34. The van der Waals surface area contributed by atoms with Gasteiger partial charge in [0.25, 0.3) is 0 Å². The van der Waals surface area contributed by atoms with E-state index in [9.17, 15) is 43.2 Å². The fourth-order valence-electron chi connectivity index (χ4n) is 22.0. The van der Waals surface area contributed by atoms with Crippen LogP contribution in [0, 0.1) is 0 Å². The Hall–Kier alpha value is -5.49. The van der Waals surface area contributed by atoms with Gasteiger partial charge in [0.05, 0.1) is 58.9 Å². The minimum atomic E-state index is 0. The zero-order valence-corrected chi connectivity index (χ0v) is 92.9. The van der Waals surface area contributed by atoms with E-state index in [1.807, 2.05) is 44.1 Å². The zero-order valence-electron chi connectivity index (χ0n) is 92.9. The smallest absolute Gasteiger partial charge is 0.236 e. The number of hydrogen-bond donors (Lipinski definition) is 0. The number of likely N-dealkylation sites (tertiary alicyclic amines) is 9. The maximum atomic E-state index is 12.0. The lowest BCUT2D eigenvalue weighted by Crippen LogP contribution is -2.49. The van der Waals surface area contributed by atoms with Crippen LogP contribution in [-0.4, -0.2) is 661 Å². The largest absolute Gasteiger partial charge is 0.342 e. The molecule has 9 amide bonds. The summed E-state index contributed by atoms with van der Waals surface area (Å²) in [6.45, 7) is 61.6. The van der Waals surface area contributed by atoms with Gasteiger partial charge in [0.15, 0.2) is 0 Å². The first kappa shape index (κ1) is 123. The number of carbonyl (C=O) groups is 9. The van der Waals surface area contributed by atoms with Crippen molar-refractivity contribution < 1.29 is 43.2 Å². The van der Waals surface area contributed by atoms with E-state index in [2.05, 4.69) is 152 Å². The Morgan fingerprint density at radius 1 is 0.110 bits per heavy atom. The summed E-state index contributed by atoms with van der Waals surface area (Å²) in [7, 11) is 19.3. The molecule has 18 heterocycles. The van der Waals surface area contributed by atoms with Crippen molar-refractivity contribution in [2.24, 2.45) is 0 Å². The summed E-state index contributed by atoms with van der Waals surface area (Å²) >= 11 is 0. The fourth-order valence-corrected chi connectivity index (χ4v) is 22.0. The lowest BCUT2D eigenvalue weighted by atomic mass is 10.1. The Morgan fingerprint density at radius 2 is 0.179 bits per heavy atom. The highest BCUT2D eigenvalue weighted by Gasteiger charge is 2.32. The quantitative estimate of drug-likeness (QED) is 0.192. The third kappa shape index (κ3) is 49.4. The monoisotopic (exact) mass is 2040 g/mol. The predicted molar refractivity (Wildman–Crippen MR) is 586 cm³/mol. The molecule has 0 radical (unpaired) electrons. The van der Waals surface area contributed by atoms with Gasteiger partial charge in [-0.2, -0.15) is 0 Å². The molecule has 0 aromatic rings. The van der Waals surface area contributed by atoms with Crippen LogP contribution in [0.3, 0.4) is 0 Å². The molecule has 0 spiro atoms. The van der Waals surface area contributed by atoms with Crippen molar-refractivity contribution in [1.82, 2.24) is 132 Å². The van der Waals surface area contributed by atoms with Gasteiger partial charge >= 0.3 is 0 Å². The maximum absolute atomic E-state index is 12.0. The second-order valence-electron chi connectivity index (χ2n) is 45.2. The minimum absolute atomic E-state index is 0. The maximum Gasteiger partial charge on any atom is 0.236 e. The van der Waals surface area contributed by atoms with Crippen LogP contribution >= 0.6 is 0 Å². The molecule has 0 unspecified atom stereocenters. The summed E-state index contributed by atoms with van der Waals surface area (Å²) < 4.78 is 0. The molecular formula is C109H211N27O9. The van der Waals surface area contributed by atoms with Crippen molar-refractivity contribution in [3.63, 3.8) is 0 Å². The molecule has 836 valence electrons. The van der Waals surface area contributed by atoms with Crippen molar-refractivity contribution in [2.75, 3.05) is 476 Å². The molecule has 36 heteroatoms. The van der Waals surface area contributed by atoms with E-state index in [-0.39, 0.29) is 7.43 Å². The first-order chi connectivity index (χ1) is 69.8. The van der Waals surface area contributed by atoms with Gasteiger partial charge in [0.1, 0.15) is 0 Å². The van der Waals surface area contributed by atoms with E-state index in [1.165, 1.54) is 173 Å². The van der Waals surface area contributed by atoms with Gasteiger partial charge in [-0.15, -0.1) is 0 Å². The van der Waals surface area contributed by atoms with Crippen molar-refractivity contribution in [3.8, 4) is 0 Å². The number of hydrogen-bond acceptors (Lipinski definition) is 27. The Bertz CT molecular complexity index is 2790. The van der Waals surface area contributed by atoms with Crippen LogP contribution in [0.1, 0.15) is 181 Å². The third-order valence-electron chi connectivity index (χ3n) is 33.0. The number of piperazine rings is 9. The molecule has 0 aliphatic carbocycles. The Morgan fingerprint density at radius 3 is 0.248 bits per heavy atom. The highest BCUT2D eigenvalue weighted by molar-refractivity contribution is 5.82. The molecule has 0 aromatic carbocycles. The van der Waals surface area contributed by atoms with Crippen LogP contribution in [0.5, 0.6) is 0 Å². The van der Waals surface area contributed by atoms with Crippen molar-refractivity contribution in [1.29, 1.82) is 0 Å². The molecule has 0 atom stereocenters. The Balaban J connectivity index is 0.000000181. The highest BCUT2D eigenvalue weighted by atomic mass is 16.2. The summed E-state index contributed by atoms with van der Waals surface area (Å²) in [5, 5.41) is 0. The topological polar surface area (TPSA) is 241 Å². The van der Waals surface area contributed by atoms with Gasteiger partial charge in [-0.1, -0.05) is 7.43 Å². The van der Waals surface area contributed by atoms with Crippen LogP contribution in [-0.2, 0) is 43.2 Å². The van der Waals surface area contributed by atoms with E-state index < -0.39 is 0 Å². The summed E-state index contributed by atoms with van der Waals surface area (Å²) in [6, 6.07) is 0. The molecule has 18 aliphatic rings. The van der Waals surface area contributed by atoms with Gasteiger partial charge in [-0.25, -0.2) is 0 Å². The van der Waals surface area contributed by atoms with Gasteiger partial charge < -0.3 is 88.2 Å². The normalized spacial score (nSPS) is 24.5. The summed E-state index contributed by atoms with van der Waals surface area (Å²) in [6.07, 6.45) is 33.0. The van der Waals surface area contributed by atoms with E-state index in [4.69, 9.17) is 0 Å². The van der Waals surface area contributed by atoms with E-state index in [0.29, 0.717) is 112 Å². The molecule has 18 rings (SSSR count). The molecule has 145 heavy (non-hydrogen) atoms. The average Bonchev–Trinajstić information content (AvgIpc) is 0.912. The van der Waals surface area contributed by atoms with Gasteiger partial charge in [-0.05, 0) is 237 Å². The molecule has 0 aromatic heterocycles. The molecule has 0 bridgehead atoms. The molecule has 18 aliphatic heterocycles. The first-order valence-electron chi connectivity index (χ1n) is 58.0. The number of nitrogens with zero attached hydrogens (tertiary/aromatic N) is 27. The van der Waals surface area contributed by atoms with Gasteiger partial charge in [-0.3, -0.25) is 87.3 Å². The molecule has 18 saturated heterocycles. The number of carbonyl (C=O) groups excluding carboxylic acids is 9. The zero-order chi connectivity index (χ0) is 102. The molecule has 18 fully saturated rings. The van der Waals surface area contributed by atoms with E-state index in [0.717, 1.165) is 353 Å². The SMILES string of the molecule is C.CN1CCN(CC(=O)N2CCCCC2)CC1.CN1CCN(CC(=O)N2CCCCC2)CC1.CN1CCN(CC(=O)N2CCCCC2)CC1.CN1CCN(CC(=O)N2CCCCC2)CC1.CN1CCN(CC(=O)N2CCCCC2)CC1.CN1CCN(CC(=O)N2CCCCC2)CC1.CN1CCN(CC(=O)N2CCCCC2)CC1.CN1CCN(CC(=O)N2CCCCC2)CC1.CN1CCN(CC(=O)N2CCCCC2)CC1. The molecule has 0 N–H and O–H groups in total. The van der Waals surface area contributed by atoms with Crippen LogP contribution in [0.15, 0.2) is 0 Å². The summed E-state index contributed by atoms with van der Waals surface area (Å²) in [4.78, 5) is 168. The second kappa shape index (κ2) is 70.7. The van der Waals surface area contributed by atoms with E-state index >= 15 is 0 Å². The summed E-state index contributed by atoms with van der Waals surface area (Å²) in [5.41, 5.74) is 0. The molecular weight excluding hydrogens is 1830 g/mol. The number of amides is 9. The lowest BCUT2D eigenvalue weighted by molar-refractivity contribution is -0.134. The number of piperidine rings is 9. The van der Waals surface area contributed by atoms with Gasteiger partial charge in [0.2, 0.25) is 53.2 Å². The summed E-state index contributed by atoms with van der Waals surface area (Å²) in [5.74, 6) is 3.04. The van der Waals surface area contributed by atoms with Crippen LogP contribution in [0.2, 0.25) is 0 Å². The number of likely N-dealkylation sites (N-methyl/N-ethyl adjacent to an activating group) is 9. The van der Waals surface area contributed by atoms with Crippen LogP contribution in [0.25, 0.3) is 0 Å². The fraction of sp³-hybridized carbons (Fsp3) is 0.917. The van der Waals surface area contributed by atoms with Crippen LogP contribution < -0.4 is 0 Å².